The van der Waals surface area contributed by atoms with E-state index in [4.69, 9.17) is 5.73 Å². The number of fused-ring (bicyclic) bond motifs is 1. The molecule has 0 amide bonds. The summed E-state index contributed by atoms with van der Waals surface area (Å²) in [6.07, 6.45) is 4.33. The van der Waals surface area contributed by atoms with Crippen molar-refractivity contribution < 1.29 is 4.39 Å². The molecule has 0 fully saturated rings. The zero-order chi connectivity index (χ0) is 13.2. The molecule has 2 aromatic heterocycles. The molecule has 0 aliphatic heterocycles. The first-order valence-electron chi connectivity index (χ1n) is 6.04. The Bertz CT molecular complexity index is 706. The molecular weight excluding hydrogens is 243 g/mol. The topological polar surface area (TPSA) is 56.7 Å². The lowest BCUT2D eigenvalue weighted by Crippen LogP contribution is -2.05. The van der Waals surface area contributed by atoms with E-state index >= 15 is 0 Å². The highest BCUT2D eigenvalue weighted by atomic mass is 19.1. The third-order valence-corrected chi connectivity index (χ3v) is 3.09. The van der Waals surface area contributed by atoms with Crippen molar-refractivity contribution in [3.8, 4) is 0 Å². The molecule has 5 heteroatoms. The highest BCUT2D eigenvalue weighted by Gasteiger charge is 2.08. The summed E-state index contributed by atoms with van der Waals surface area (Å²) in [6.45, 7) is 0.650. The lowest BCUT2D eigenvalue weighted by atomic mass is 10.2. The number of nitrogen functional groups attached to an aromatic ring is 1. The van der Waals surface area contributed by atoms with E-state index in [0.29, 0.717) is 18.0 Å². The largest absolute Gasteiger partial charge is 0.369 e. The van der Waals surface area contributed by atoms with Crippen LogP contribution < -0.4 is 5.73 Å². The van der Waals surface area contributed by atoms with Crippen LogP contribution in [0.5, 0.6) is 0 Å². The monoisotopic (exact) mass is 256 g/mol. The van der Waals surface area contributed by atoms with Gasteiger partial charge in [0.25, 0.3) is 0 Å². The molecule has 0 aliphatic carbocycles. The maximum absolute atomic E-state index is 13.3. The Hall–Kier alpha value is -2.43. The lowest BCUT2D eigenvalue weighted by molar-refractivity contribution is 0.627. The third kappa shape index (κ3) is 2.27. The summed E-state index contributed by atoms with van der Waals surface area (Å²) < 4.78 is 15.1. The molecule has 19 heavy (non-hydrogen) atoms. The van der Waals surface area contributed by atoms with Crippen molar-refractivity contribution in [1.29, 1.82) is 0 Å². The minimum absolute atomic E-state index is 0.282. The standard InChI is InChI=1S/C14H13FN4/c15-11-3-4-12-13(8-11)19(14(16)18-12)7-5-10-2-1-6-17-9-10/h1-4,6,8-9H,5,7H2,(H2,16,18). The molecule has 0 bridgehead atoms. The number of nitrogens with two attached hydrogens (primary N) is 1. The first kappa shape index (κ1) is 11.6. The van der Waals surface area contributed by atoms with Gasteiger partial charge < -0.3 is 10.3 Å². The van der Waals surface area contributed by atoms with Crippen LogP contribution in [-0.4, -0.2) is 14.5 Å². The zero-order valence-electron chi connectivity index (χ0n) is 10.3. The van der Waals surface area contributed by atoms with Gasteiger partial charge in [0.2, 0.25) is 5.95 Å². The molecule has 3 rings (SSSR count). The Morgan fingerprint density at radius 3 is 2.95 bits per heavy atom. The van der Waals surface area contributed by atoms with Crippen molar-refractivity contribution in [2.75, 3.05) is 5.73 Å². The van der Waals surface area contributed by atoms with Crippen LogP contribution in [0, 0.1) is 5.82 Å². The van der Waals surface area contributed by atoms with E-state index in [1.54, 1.807) is 12.3 Å². The van der Waals surface area contributed by atoms with Crippen LogP contribution in [-0.2, 0) is 13.0 Å². The first-order valence-corrected chi connectivity index (χ1v) is 6.04. The fourth-order valence-electron chi connectivity index (χ4n) is 2.14. The van der Waals surface area contributed by atoms with Crippen LogP contribution in [0.25, 0.3) is 11.0 Å². The molecule has 3 aromatic rings. The number of nitrogens with zero attached hydrogens (tertiary/aromatic N) is 3. The smallest absolute Gasteiger partial charge is 0.201 e. The van der Waals surface area contributed by atoms with E-state index in [1.807, 2.05) is 22.9 Å². The second-order valence-electron chi connectivity index (χ2n) is 4.37. The number of aryl methyl sites for hydroxylation is 2. The van der Waals surface area contributed by atoms with Crippen LogP contribution in [0.3, 0.4) is 0 Å². The molecule has 0 unspecified atom stereocenters. The molecule has 2 N–H and O–H groups in total. The average molecular weight is 256 g/mol. The van der Waals surface area contributed by atoms with Crippen LogP contribution in [0.15, 0.2) is 42.7 Å². The van der Waals surface area contributed by atoms with Gasteiger partial charge in [0.05, 0.1) is 11.0 Å². The Morgan fingerprint density at radius 1 is 1.26 bits per heavy atom. The SMILES string of the molecule is Nc1nc2ccc(F)cc2n1CCc1cccnc1. The van der Waals surface area contributed by atoms with Crippen molar-refractivity contribution in [1.82, 2.24) is 14.5 Å². The van der Waals surface area contributed by atoms with E-state index in [2.05, 4.69) is 9.97 Å². The Morgan fingerprint density at radius 2 is 2.16 bits per heavy atom. The van der Waals surface area contributed by atoms with Gasteiger partial charge in [-0.05, 0) is 36.2 Å². The number of benzene rings is 1. The quantitative estimate of drug-likeness (QED) is 0.782. The Kier molecular flexibility index (Phi) is 2.87. The second-order valence-corrected chi connectivity index (χ2v) is 4.37. The van der Waals surface area contributed by atoms with Crippen molar-refractivity contribution in [3.63, 3.8) is 0 Å². The number of halogens is 1. The fraction of sp³-hybridized carbons (Fsp3) is 0.143. The number of imidazole rings is 1. The first-order chi connectivity index (χ1) is 9.24. The Balaban J connectivity index is 1.92. The molecule has 0 spiro atoms. The van der Waals surface area contributed by atoms with Crippen LogP contribution in [0.1, 0.15) is 5.56 Å². The van der Waals surface area contributed by atoms with Crippen molar-refractivity contribution in [2.24, 2.45) is 0 Å². The molecule has 4 nitrogen and oxygen atoms in total. The molecule has 0 radical (unpaired) electrons. The van der Waals surface area contributed by atoms with E-state index in [9.17, 15) is 4.39 Å². The number of pyridine rings is 1. The van der Waals surface area contributed by atoms with E-state index < -0.39 is 0 Å². The van der Waals surface area contributed by atoms with Gasteiger partial charge in [-0.3, -0.25) is 4.98 Å². The van der Waals surface area contributed by atoms with Crippen molar-refractivity contribution in [2.45, 2.75) is 13.0 Å². The van der Waals surface area contributed by atoms with Crippen molar-refractivity contribution >= 4 is 17.0 Å². The lowest BCUT2D eigenvalue weighted by Gasteiger charge is -2.06. The third-order valence-electron chi connectivity index (χ3n) is 3.09. The van der Waals surface area contributed by atoms with Gasteiger partial charge in [-0.2, -0.15) is 0 Å². The number of rotatable bonds is 3. The number of hydrogen-bond acceptors (Lipinski definition) is 3. The molecular formula is C14H13FN4. The summed E-state index contributed by atoms with van der Waals surface area (Å²) in [7, 11) is 0. The van der Waals surface area contributed by atoms with Gasteiger partial charge in [0.1, 0.15) is 5.82 Å². The van der Waals surface area contributed by atoms with Crippen LogP contribution in [0.2, 0.25) is 0 Å². The summed E-state index contributed by atoms with van der Waals surface area (Å²) in [6, 6.07) is 8.39. The predicted molar refractivity (Wildman–Crippen MR) is 72.0 cm³/mol. The summed E-state index contributed by atoms with van der Waals surface area (Å²) in [5.74, 6) is 0.125. The maximum Gasteiger partial charge on any atom is 0.201 e. The molecule has 0 atom stereocenters. The predicted octanol–water partition coefficient (Wildman–Crippen LogP) is 2.40. The molecule has 2 heterocycles. The maximum atomic E-state index is 13.3. The van der Waals surface area contributed by atoms with Gasteiger partial charge in [-0.15, -0.1) is 0 Å². The highest BCUT2D eigenvalue weighted by Crippen LogP contribution is 2.19. The van der Waals surface area contributed by atoms with Crippen molar-refractivity contribution in [3.05, 3.63) is 54.1 Å². The summed E-state index contributed by atoms with van der Waals surface area (Å²) in [5.41, 5.74) is 8.43. The molecule has 0 saturated carbocycles. The van der Waals surface area contributed by atoms with Gasteiger partial charge in [0.15, 0.2) is 0 Å². The van der Waals surface area contributed by atoms with Gasteiger partial charge in [-0.1, -0.05) is 6.07 Å². The average Bonchev–Trinajstić information content (AvgIpc) is 2.73. The molecule has 0 aliphatic rings. The molecule has 96 valence electrons. The number of hydrogen-bond donors (Lipinski definition) is 1. The minimum atomic E-state index is -0.282. The summed E-state index contributed by atoms with van der Waals surface area (Å²) >= 11 is 0. The minimum Gasteiger partial charge on any atom is -0.369 e. The summed E-state index contributed by atoms with van der Waals surface area (Å²) in [4.78, 5) is 8.29. The van der Waals surface area contributed by atoms with Gasteiger partial charge in [0, 0.05) is 18.9 Å². The molecule has 0 saturated heterocycles. The summed E-state index contributed by atoms with van der Waals surface area (Å²) in [5, 5.41) is 0. The van der Waals surface area contributed by atoms with Crippen LogP contribution >= 0.6 is 0 Å². The van der Waals surface area contributed by atoms with E-state index in [0.717, 1.165) is 17.5 Å². The number of anilines is 1. The highest BCUT2D eigenvalue weighted by molar-refractivity contribution is 5.78. The van der Waals surface area contributed by atoms with Crippen LogP contribution in [0.4, 0.5) is 10.3 Å². The van der Waals surface area contributed by atoms with Gasteiger partial charge in [-0.25, -0.2) is 9.37 Å². The van der Waals surface area contributed by atoms with E-state index in [1.165, 1.54) is 12.1 Å². The second kappa shape index (κ2) is 4.68. The van der Waals surface area contributed by atoms with E-state index in [-0.39, 0.29) is 5.82 Å². The molecule has 1 aromatic carbocycles. The Labute approximate surface area is 109 Å². The zero-order valence-corrected chi connectivity index (χ0v) is 10.3. The van der Waals surface area contributed by atoms with Gasteiger partial charge >= 0.3 is 0 Å². The normalized spacial score (nSPS) is 11.0. The number of aromatic nitrogens is 3. The fourth-order valence-corrected chi connectivity index (χ4v) is 2.14.